The van der Waals surface area contributed by atoms with Crippen LogP contribution in [-0.4, -0.2) is 22.7 Å². The third-order valence-electron chi connectivity index (χ3n) is 3.64. The third-order valence-corrected chi connectivity index (χ3v) is 3.99. The van der Waals surface area contributed by atoms with Gasteiger partial charge in [0.15, 0.2) is 5.78 Å². The van der Waals surface area contributed by atoms with E-state index in [9.17, 15) is 9.90 Å². The lowest BCUT2D eigenvalue weighted by molar-refractivity contribution is -0.134. The fourth-order valence-electron chi connectivity index (χ4n) is 2.09. The van der Waals surface area contributed by atoms with E-state index in [0.29, 0.717) is 10.6 Å². The van der Waals surface area contributed by atoms with E-state index < -0.39 is 17.6 Å². The Kier molecular flexibility index (Phi) is 3.30. The molecule has 1 aromatic carbocycles. The quantitative estimate of drug-likeness (QED) is 0.849. The Bertz CT molecular complexity index is 522. The predicted octanol–water partition coefficient (Wildman–Crippen LogP) is 2.81. The summed E-state index contributed by atoms with van der Waals surface area (Å²) in [5, 5.41) is 10.7. The highest BCUT2D eigenvalue weighted by atomic mass is 35.5. The first-order valence-corrected chi connectivity index (χ1v) is 6.25. The van der Waals surface area contributed by atoms with Crippen molar-refractivity contribution in [3.05, 3.63) is 34.9 Å². The van der Waals surface area contributed by atoms with E-state index >= 15 is 0 Å². The summed E-state index contributed by atoms with van der Waals surface area (Å²) in [6, 6.07) is 6.56. The molecule has 0 aliphatic carbocycles. The Labute approximate surface area is 111 Å². The van der Waals surface area contributed by atoms with E-state index in [2.05, 4.69) is 4.99 Å². The Morgan fingerprint density at radius 1 is 1.33 bits per heavy atom. The molecule has 1 aromatic rings. The molecule has 18 heavy (non-hydrogen) atoms. The predicted molar refractivity (Wildman–Crippen MR) is 72.1 cm³/mol. The molecule has 0 saturated carbocycles. The number of hydrogen-bond acceptors (Lipinski definition) is 3. The minimum absolute atomic E-state index is 0.208. The molecule has 1 heterocycles. The number of aliphatic hydroxyl groups is 1. The summed E-state index contributed by atoms with van der Waals surface area (Å²) >= 11 is 6.10. The summed E-state index contributed by atoms with van der Waals surface area (Å²) < 4.78 is 0. The molecule has 96 valence electrons. The zero-order chi connectivity index (χ0) is 13.5. The van der Waals surface area contributed by atoms with E-state index in [1.165, 1.54) is 0 Å². The number of rotatable bonds is 1. The second kappa shape index (κ2) is 4.48. The zero-order valence-electron chi connectivity index (χ0n) is 10.6. The van der Waals surface area contributed by atoms with Gasteiger partial charge in [0.2, 0.25) is 0 Å². The van der Waals surface area contributed by atoms with E-state index in [1.807, 2.05) is 19.1 Å². The summed E-state index contributed by atoms with van der Waals surface area (Å²) in [5.74, 6) is -0.208. The van der Waals surface area contributed by atoms with Gasteiger partial charge in [-0.05, 0) is 32.4 Å². The smallest absolute Gasteiger partial charge is 0.174 e. The van der Waals surface area contributed by atoms with Gasteiger partial charge in [-0.2, -0.15) is 0 Å². The second-order valence-corrected chi connectivity index (χ2v) is 5.52. The highest BCUT2D eigenvalue weighted by Crippen LogP contribution is 2.37. The van der Waals surface area contributed by atoms with Crippen LogP contribution in [0.3, 0.4) is 0 Å². The summed E-state index contributed by atoms with van der Waals surface area (Å²) in [6.07, 6.45) is -1.14. The fraction of sp³-hybridized carbons (Fsp3) is 0.429. The van der Waals surface area contributed by atoms with Crippen molar-refractivity contribution in [1.82, 2.24) is 0 Å². The highest BCUT2D eigenvalue weighted by Gasteiger charge is 2.44. The number of carbonyl (C=O) groups is 1. The third kappa shape index (κ3) is 1.98. The fourth-order valence-corrected chi connectivity index (χ4v) is 2.33. The Balaban J connectivity index is 2.51. The molecule has 0 unspecified atom stereocenters. The normalized spacial score (nSPS) is 26.9. The Morgan fingerprint density at radius 2 is 1.94 bits per heavy atom. The van der Waals surface area contributed by atoms with Crippen LogP contribution in [0.15, 0.2) is 29.3 Å². The molecule has 4 heteroatoms. The first-order valence-electron chi connectivity index (χ1n) is 5.87. The van der Waals surface area contributed by atoms with Crippen molar-refractivity contribution in [2.45, 2.75) is 32.9 Å². The van der Waals surface area contributed by atoms with Gasteiger partial charge in [0, 0.05) is 10.7 Å². The minimum Gasteiger partial charge on any atom is -0.383 e. The van der Waals surface area contributed by atoms with Crippen molar-refractivity contribution in [2.75, 3.05) is 0 Å². The van der Waals surface area contributed by atoms with Crippen LogP contribution in [0.1, 0.15) is 32.4 Å². The summed E-state index contributed by atoms with van der Waals surface area (Å²) in [6.45, 7) is 5.37. The summed E-state index contributed by atoms with van der Waals surface area (Å²) in [4.78, 5) is 16.6. The number of nitrogens with zero attached hydrogens (tertiary/aromatic N) is 1. The second-order valence-electron chi connectivity index (χ2n) is 5.11. The maximum Gasteiger partial charge on any atom is 0.174 e. The van der Waals surface area contributed by atoms with Crippen LogP contribution < -0.4 is 0 Å². The van der Waals surface area contributed by atoms with Gasteiger partial charge in [0.25, 0.3) is 0 Å². The van der Waals surface area contributed by atoms with Crippen LogP contribution in [-0.2, 0) is 4.79 Å². The molecule has 0 radical (unpaired) electrons. The van der Waals surface area contributed by atoms with Crippen molar-refractivity contribution < 1.29 is 9.90 Å². The first kappa shape index (κ1) is 13.2. The number of aliphatic imine (C=N–C) groups is 1. The van der Waals surface area contributed by atoms with Crippen molar-refractivity contribution in [1.29, 1.82) is 0 Å². The van der Waals surface area contributed by atoms with E-state index in [0.717, 1.165) is 5.71 Å². The van der Waals surface area contributed by atoms with E-state index in [4.69, 9.17) is 11.6 Å². The molecule has 0 saturated heterocycles. The summed E-state index contributed by atoms with van der Waals surface area (Å²) in [7, 11) is 0. The van der Waals surface area contributed by atoms with E-state index in [1.54, 1.807) is 26.0 Å². The number of carbonyl (C=O) groups excluding carboxylic acids is 1. The molecule has 1 aliphatic rings. The SMILES string of the molecule is CC1=N[C@@H](c2ccccc2Cl)[C@H](O)C(=O)C1(C)C. The van der Waals surface area contributed by atoms with Crippen LogP contribution in [0.25, 0.3) is 0 Å². The maximum atomic E-state index is 12.2. The lowest BCUT2D eigenvalue weighted by Gasteiger charge is -2.35. The van der Waals surface area contributed by atoms with Gasteiger partial charge in [-0.25, -0.2) is 0 Å². The highest BCUT2D eigenvalue weighted by molar-refractivity contribution is 6.31. The van der Waals surface area contributed by atoms with Gasteiger partial charge >= 0.3 is 0 Å². The minimum atomic E-state index is -1.14. The van der Waals surface area contributed by atoms with Gasteiger partial charge in [-0.1, -0.05) is 29.8 Å². The molecular weight excluding hydrogens is 250 g/mol. The molecule has 0 spiro atoms. The van der Waals surface area contributed by atoms with Crippen LogP contribution in [0, 0.1) is 5.41 Å². The topological polar surface area (TPSA) is 49.7 Å². The number of halogens is 1. The van der Waals surface area contributed by atoms with Gasteiger partial charge in [0.05, 0.1) is 5.41 Å². The van der Waals surface area contributed by atoms with Crippen molar-refractivity contribution in [2.24, 2.45) is 10.4 Å². The molecule has 1 aliphatic heterocycles. The molecule has 1 N–H and O–H groups in total. The maximum absolute atomic E-state index is 12.2. The average molecular weight is 266 g/mol. The monoisotopic (exact) mass is 265 g/mol. The number of ketones is 1. The van der Waals surface area contributed by atoms with Crippen LogP contribution in [0.5, 0.6) is 0 Å². The van der Waals surface area contributed by atoms with Crippen LogP contribution >= 0.6 is 11.6 Å². The largest absolute Gasteiger partial charge is 0.383 e. The average Bonchev–Trinajstić information content (AvgIpc) is 2.33. The molecular formula is C14H16ClNO2. The molecule has 0 amide bonds. The number of hydrogen-bond donors (Lipinski definition) is 1. The number of aliphatic hydroxyl groups excluding tert-OH is 1. The standard InChI is InChI=1S/C14H16ClNO2/c1-8-14(2,3)13(18)12(17)11(16-8)9-6-4-5-7-10(9)15/h4-7,11-12,17H,1-3H3/t11-,12-/m0/s1. The van der Waals surface area contributed by atoms with Gasteiger partial charge in [-0.15, -0.1) is 0 Å². The molecule has 0 bridgehead atoms. The Morgan fingerprint density at radius 3 is 2.56 bits per heavy atom. The number of benzene rings is 1. The van der Waals surface area contributed by atoms with Gasteiger partial charge in [0.1, 0.15) is 12.1 Å². The van der Waals surface area contributed by atoms with Crippen LogP contribution in [0.4, 0.5) is 0 Å². The van der Waals surface area contributed by atoms with E-state index in [-0.39, 0.29) is 5.78 Å². The van der Waals surface area contributed by atoms with Gasteiger partial charge < -0.3 is 5.11 Å². The molecule has 3 nitrogen and oxygen atoms in total. The summed E-state index contributed by atoms with van der Waals surface area (Å²) in [5.41, 5.74) is 0.703. The molecule has 0 fully saturated rings. The molecule has 2 atom stereocenters. The first-order chi connectivity index (χ1) is 8.35. The van der Waals surface area contributed by atoms with Gasteiger partial charge in [-0.3, -0.25) is 9.79 Å². The molecule has 2 rings (SSSR count). The lowest BCUT2D eigenvalue weighted by Crippen LogP contribution is -2.46. The zero-order valence-corrected chi connectivity index (χ0v) is 11.4. The Hall–Kier alpha value is -1.19. The van der Waals surface area contributed by atoms with Crippen molar-refractivity contribution >= 4 is 23.1 Å². The van der Waals surface area contributed by atoms with Crippen LogP contribution in [0.2, 0.25) is 5.02 Å². The lowest BCUT2D eigenvalue weighted by atomic mass is 9.76. The number of Topliss-reactive ketones (excluding diaryl/α,β-unsaturated/α-hetero) is 1. The van der Waals surface area contributed by atoms with Crippen molar-refractivity contribution in [3.63, 3.8) is 0 Å². The van der Waals surface area contributed by atoms with Crippen molar-refractivity contribution in [3.8, 4) is 0 Å². The molecule has 0 aromatic heterocycles.